The molecule has 0 saturated heterocycles. The molecule has 0 fully saturated rings. The van der Waals surface area contributed by atoms with Gasteiger partial charge in [-0.2, -0.15) is 0 Å². The van der Waals surface area contributed by atoms with E-state index in [4.69, 9.17) is 0 Å². The average Bonchev–Trinajstić information content (AvgIpc) is 2.26. The fourth-order valence-electron chi connectivity index (χ4n) is 1.51. The van der Waals surface area contributed by atoms with Crippen LogP contribution in [0.5, 0.6) is 0 Å². The highest BCUT2D eigenvalue weighted by atomic mass is 16.5. The van der Waals surface area contributed by atoms with Crippen LogP contribution in [-0.4, -0.2) is 13.1 Å². The Morgan fingerprint density at radius 1 is 1.36 bits per heavy atom. The zero-order valence-electron chi connectivity index (χ0n) is 8.69. The second kappa shape index (κ2) is 5.43. The molecule has 0 heterocycles. The van der Waals surface area contributed by atoms with Crippen LogP contribution in [0.15, 0.2) is 30.3 Å². The van der Waals surface area contributed by atoms with E-state index in [-0.39, 0.29) is 11.9 Å². The molecule has 0 saturated carbocycles. The lowest BCUT2D eigenvalue weighted by Crippen LogP contribution is -2.07. The number of carbonyl (C=O) groups excluding carboxylic acids is 1. The lowest BCUT2D eigenvalue weighted by molar-refractivity contribution is -0.141. The van der Waals surface area contributed by atoms with E-state index in [2.05, 4.69) is 23.8 Å². The Morgan fingerprint density at radius 2 is 2.00 bits per heavy atom. The second-order valence-electron chi connectivity index (χ2n) is 3.30. The Balaban J connectivity index is 2.68. The molecular weight excluding hydrogens is 176 g/mol. The summed E-state index contributed by atoms with van der Waals surface area (Å²) in [5, 5.41) is 0. The fraction of sp³-hybridized carbons (Fsp3) is 0.417. The van der Waals surface area contributed by atoms with Crippen molar-refractivity contribution in [3.05, 3.63) is 35.9 Å². The number of rotatable bonds is 4. The topological polar surface area (TPSA) is 26.3 Å². The maximum absolute atomic E-state index is 11.1. The van der Waals surface area contributed by atoms with Gasteiger partial charge in [0.05, 0.1) is 13.5 Å². The molecule has 0 radical (unpaired) electrons. The predicted molar refractivity (Wildman–Crippen MR) is 56.1 cm³/mol. The van der Waals surface area contributed by atoms with E-state index >= 15 is 0 Å². The largest absolute Gasteiger partial charge is 0.469 e. The third-order valence-corrected chi connectivity index (χ3v) is 2.40. The first kappa shape index (κ1) is 10.8. The highest BCUT2D eigenvalue weighted by Gasteiger charge is 2.13. The molecule has 0 spiro atoms. The lowest BCUT2D eigenvalue weighted by atomic mass is 9.93. The van der Waals surface area contributed by atoms with Crippen molar-refractivity contribution in [2.24, 2.45) is 0 Å². The van der Waals surface area contributed by atoms with Crippen molar-refractivity contribution in [1.82, 2.24) is 0 Å². The molecule has 1 rings (SSSR count). The highest BCUT2D eigenvalue weighted by molar-refractivity contribution is 5.70. The van der Waals surface area contributed by atoms with Gasteiger partial charge in [-0.3, -0.25) is 4.79 Å². The van der Waals surface area contributed by atoms with E-state index in [1.54, 1.807) is 0 Å². The summed E-state index contributed by atoms with van der Waals surface area (Å²) >= 11 is 0. The lowest BCUT2D eigenvalue weighted by Gasteiger charge is -2.13. The number of hydrogen-bond donors (Lipinski definition) is 0. The number of carbonyl (C=O) groups is 1. The van der Waals surface area contributed by atoms with Gasteiger partial charge in [0.25, 0.3) is 0 Å². The van der Waals surface area contributed by atoms with Crippen molar-refractivity contribution >= 4 is 5.97 Å². The van der Waals surface area contributed by atoms with Crippen LogP contribution in [0, 0.1) is 0 Å². The summed E-state index contributed by atoms with van der Waals surface area (Å²) in [4.78, 5) is 11.1. The van der Waals surface area contributed by atoms with E-state index in [0.29, 0.717) is 6.42 Å². The van der Waals surface area contributed by atoms with Crippen molar-refractivity contribution in [2.45, 2.75) is 25.7 Å². The molecule has 0 aliphatic heterocycles. The Bertz CT molecular complexity index is 280. The number of methoxy groups -OCH3 is 1. The SMILES string of the molecule is CCC(CC(=O)OC)c1ccccc1. The van der Waals surface area contributed by atoms with Crippen LogP contribution in [0.25, 0.3) is 0 Å². The molecule has 0 bridgehead atoms. The maximum Gasteiger partial charge on any atom is 0.306 e. The van der Waals surface area contributed by atoms with Crippen LogP contribution >= 0.6 is 0 Å². The fourth-order valence-corrected chi connectivity index (χ4v) is 1.51. The van der Waals surface area contributed by atoms with Crippen LogP contribution in [0.3, 0.4) is 0 Å². The molecular formula is C12H16O2. The molecule has 0 aliphatic rings. The molecule has 2 nitrogen and oxygen atoms in total. The van der Waals surface area contributed by atoms with Crippen LogP contribution in [0.4, 0.5) is 0 Å². The summed E-state index contributed by atoms with van der Waals surface area (Å²) in [5.74, 6) is 0.143. The third kappa shape index (κ3) is 2.87. The molecule has 76 valence electrons. The van der Waals surface area contributed by atoms with Crippen molar-refractivity contribution < 1.29 is 9.53 Å². The highest BCUT2D eigenvalue weighted by Crippen LogP contribution is 2.22. The first-order valence-corrected chi connectivity index (χ1v) is 4.89. The smallest absolute Gasteiger partial charge is 0.306 e. The minimum absolute atomic E-state index is 0.138. The first-order valence-electron chi connectivity index (χ1n) is 4.89. The van der Waals surface area contributed by atoms with Gasteiger partial charge in [0.1, 0.15) is 0 Å². The quantitative estimate of drug-likeness (QED) is 0.686. The third-order valence-electron chi connectivity index (χ3n) is 2.40. The molecule has 2 heteroatoms. The molecule has 0 amide bonds. The van der Waals surface area contributed by atoms with E-state index in [0.717, 1.165) is 6.42 Å². The number of benzene rings is 1. The van der Waals surface area contributed by atoms with Gasteiger partial charge in [-0.15, -0.1) is 0 Å². The standard InChI is InChI=1S/C12H16O2/c1-3-10(9-12(13)14-2)11-7-5-4-6-8-11/h4-8,10H,3,9H2,1-2H3. The Hall–Kier alpha value is -1.31. The average molecular weight is 192 g/mol. The molecule has 14 heavy (non-hydrogen) atoms. The first-order chi connectivity index (χ1) is 6.77. The summed E-state index contributed by atoms with van der Waals surface area (Å²) < 4.78 is 4.67. The molecule has 0 N–H and O–H groups in total. The van der Waals surface area contributed by atoms with Crippen LogP contribution < -0.4 is 0 Å². The monoisotopic (exact) mass is 192 g/mol. The molecule has 0 aromatic heterocycles. The second-order valence-corrected chi connectivity index (χ2v) is 3.30. The summed E-state index contributed by atoms with van der Waals surface area (Å²) in [6.45, 7) is 2.08. The molecule has 0 aliphatic carbocycles. The van der Waals surface area contributed by atoms with Gasteiger partial charge in [-0.25, -0.2) is 0 Å². The summed E-state index contributed by atoms with van der Waals surface area (Å²) in [7, 11) is 1.43. The van der Waals surface area contributed by atoms with Crippen LogP contribution in [0.2, 0.25) is 0 Å². The van der Waals surface area contributed by atoms with E-state index in [1.807, 2.05) is 18.2 Å². The maximum atomic E-state index is 11.1. The van der Waals surface area contributed by atoms with Crippen molar-refractivity contribution in [2.75, 3.05) is 7.11 Å². The molecule has 1 unspecified atom stereocenters. The zero-order valence-corrected chi connectivity index (χ0v) is 8.69. The normalized spacial score (nSPS) is 12.1. The van der Waals surface area contributed by atoms with Gasteiger partial charge >= 0.3 is 5.97 Å². The number of ether oxygens (including phenoxy) is 1. The van der Waals surface area contributed by atoms with Gasteiger partial charge in [0, 0.05) is 0 Å². The van der Waals surface area contributed by atoms with Gasteiger partial charge in [-0.05, 0) is 17.9 Å². The van der Waals surface area contributed by atoms with E-state index < -0.39 is 0 Å². The molecule has 1 aromatic rings. The zero-order chi connectivity index (χ0) is 10.4. The molecule has 1 atom stereocenters. The van der Waals surface area contributed by atoms with Crippen LogP contribution in [0.1, 0.15) is 31.2 Å². The van der Waals surface area contributed by atoms with Gasteiger partial charge in [0.15, 0.2) is 0 Å². The minimum Gasteiger partial charge on any atom is -0.469 e. The predicted octanol–water partition coefficient (Wildman–Crippen LogP) is 2.74. The Labute approximate surface area is 84.9 Å². The Morgan fingerprint density at radius 3 is 2.50 bits per heavy atom. The summed E-state index contributed by atoms with van der Waals surface area (Å²) in [6.07, 6.45) is 1.43. The van der Waals surface area contributed by atoms with Gasteiger partial charge in [0.2, 0.25) is 0 Å². The van der Waals surface area contributed by atoms with E-state index in [1.165, 1.54) is 12.7 Å². The van der Waals surface area contributed by atoms with E-state index in [9.17, 15) is 4.79 Å². The van der Waals surface area contributed by atoms with Crippen molar-refractivity contribution in [1.29, 1.82) is 0 Å². The summed E-state index contributed by atoms with van der Waals surface area (Å²) in [6, 6.07) is 10.1. The Kier molecular flexibility index (Phi) is 4.17. The number of hydrogen-bond acceptors (Lipinski definition) is 2. The minimum atomic E-state index is -0.138. The van der Waals surface area contributed by atoms with Crippen LogP contribution in [-0.2, 0) is 9.53 Å². The van der Waals surface area contributed by atoms with Gasteiger partial charge < -0.3 is 4.74 Å². The van der Waals surface area contributed by atoms with Crippen molar-refractivity contribution in [3.63, 3.8) is 0 Å². The van der Waals surface area contributed by atoms with Gasteiger partial charge in [-0.1, -0.05) is 37.3 Å². The number of esters is 1. The van der Waals surface area contributed by atoms with Crippen molar-refractivity contribution in [3.8, 4) is 0 Å². The molecule has 1 aromatic carbocycles. The summed E-state index contributed by atoms with van der Waals surface area (Å²) in [5.41, 5.74) is 1.21.